The zero-order valence-electron chi connectivity index (χ0n) is 13.3. The Morgan fingerprint density at radius 2 is 2.04 bits per heavy atom. The fourth-order valence-electron chi connectivity index (χ4n) is 1.78. The molecule has 1 aromatic heterocycles. The highest BCUT2D eigenvalue weighted by Gasteiger charge is 2.16. The lowest BCUT2D eigenvalue weighted by molar-refractivity contribution is -0.118. The molecule has 1 atom stereocenters. The topological polar surface area (TPSA) is 84.2 Å². The third kappa shape index (κ3) is 5.69. The minimum atomic E-state index is -0.418. The van der Waals surface area contributed by atoms with Crippen LogP contribution in [-0.4, -0.2) is 28.0 Å². The number of carbonyl (C=O) groups is 2. The molecule has 6 nitrogen and oxygen atoms in total. The number of anilines is 1. The number of nitrogens with one attached hydrogen (secondary N) is 2. The molecule has 2 aromatic rings. The minimum absolute atomic E-state index is 0.146. The van der Waals surface area contributed by atoms with Crippen LogP contribution in [-0.2, 0) is 16.1 Å². The summed E-state index contributed by atoms with van der Waals surface area (Å²) in [5.74, 6) is 0.341. The van der Waals surface area contributed by atoms with E-state index in [9.17, 15) is 14.0 Å². The molecule has 24 heavy (non-hydrogen) atoms. The molecule has 0 fully saturated rings. The number of carbonyl (C=O) groups excluding carboxylic acids is 2. The van der Waals surface area contributed by atoms with Crippen LogP contribution in [0.15, 0.2) is 34.9 Å². The molecule has 0 bridgehead atoms. The van der Waals surface area contributed by atoms with Crippen LogP contribution in [0.1, 0.15) is 18.2 Å². The fourth-order valence-corrected chi connectivity index (χ4v) is 2.50. The molecule has 2 N–H and O–H groups in total. The third-order valence-electron chi connectivity index (χ3n) is 3.12. The van der Waals surface area contributed by atoms with Crippen LogP contribution in [0.3, 0.4) is 0 Å². The van der Waals surface area contributed by atoms with E-state index in [1.807, 2.05) is 0 Å². The molecule has 0 radical (unpaired) electrons. The number of benzene rings is 1. The molecule has 0 aliphatic rings. The summed E-state index contributed by atoms with van der Waals surface area (Å²) in [5, 5.41) is 8.60. The van der Waals surface area contributed by atoms with E-state index in [0.717, 1.165) is 5.56 Å². The van der Waals surface area contributed by atoms with Crippen molar-refractivity contribution in [2.75, 3.05) is 11.1 Å². The Labute approximate surface area is 143 Å². The van der Waals surface area contributed by atoms with Crippen molar-refractivity contribution in [3.8, 4) is 0 Å². The number of halogens is 1. The summed E-state index contributed by atoms with van der Waals surface area (Å²) in [5.41, 5.74) is 0.807. The second kappa shape index (κ2) is 8.49. The van der Waals surface area contributed by atoms with E-state index in [1.54, 1.807) is 32.0 Å². The van der Waals surface area contributed by atoms with Crippen molar-refractivity contribution in [3.63, 3.8) is 0 Å². The van der Waals surface area contributed by atoms with Gasteiger partial charge in [0.25, 0.3) is 0 Å². The lowest BCUT2D eigenvalue weighted by Crippen LogP contribution is -2.28. The van der Waals surface area contributed by atoms with Gasteiger partial charge in [0.2, 0.25) is 11.8 Å². The van der Waals surface area contributed by atoms with Gasteiger partial charge in [0.05, 0.1) is 11.0 Å². The van der Waals surface area contributed by atoms with Gasteiger partial charge in [0.1, 0.15) is 11.6 Å². The van der Waals surface area contributed by atoms with E-state index in [1.165, 1.54) is 23.9 Å². The maximum absolute atomic E-state index is 12.8. The highest BCUT2D eigenvalue weighted by atomic mass is 32.2. The standard InChI is InChI=1S/C16H18FN3O3S/c1-10-7-14(20-23-10)19-16(22)11(2)24-9-15(21)18-8-12-3-5-13(17)6-4-12/h3-7,11H,8-9H2,1-2H3,(H,18,21)(H,19,20,22)/t11-/m1/s1. The van der Waals surface area contributed by atoms with Gasteiger partial charge in [-0.15, -0.1) is 11.8 Å². The number of rotatable bonds is 7. The van der Waals surface area contributed by atoms with Crippen LogP contribution in [0.5, 0.6) is 0 Å². The van der Waals surface area contributed by atoms with Crippen LogP contribution in [0.4, 0.5) is 10.2 Å². The molecule has 2 amide bonds. The first-order valence-corrected chi connectivity index (χ1v) is 8.36. The monoisotopic (exact) mass is 351 g/mol. The fraction of sp³-hybridized carbons (Fsp3) is 0.312. The summed E-state index contributed by atoms with van der Waals surface area (Å²) < 4.78 is 17.7. The van der Waals surface area contributed by atoms with Gasteiger partial charge >= 0.3 is 0 Å². The number of thioether (sulfide) groups is 1. The molecule has 0 unspecified atom stereocenters. The Kier molecular flexibility index (Phi) is 6.36. The second-order valence-electron chi connectivity index (χ2n) is 5.17. The smallest absolute Gasteiger partial charge is 0.238 e. The van der Waals surface area contributed by atoms with Gasteiger partial charge in [-0.05, 0) is 31.5 Å². The van der Waals surface area contributed by atoms with E-state index < -0.39 is 5.25 Å². The first kappa shape index (κ1) is 18.0. The average Bonchev–Trinajstić information content (AvgIpc) is 2.96. The number of aromatic nitrogens is 1. The van der Waals surface area contributed by atoms with Gasteiger partial charge in [-0.25, -0.2) is 4.39 Å². The van der Waals surface area contributed by atoms with Crippen LogP contribution in [0.2, 0.25) is 0 Å². The number of hydrogen-bond donors (Lipinski definition) is 2. The Hall–Kier alpha value is -2.35. The molecule has 0 aliphatic heterocycles. The van der Waals surface area contributed by atoms with E-state index in [2.05, 4.69) is 15.8 Å². The summed E-state index contributed by atoms with van der Waals surface area (Å²) >= 11 is 1.21. The normalized spacial score (nSPS) is 11.8. The molecule has 0 aliphatic carbocycles. The molecule has 0 saturated carbocycles. The van der Waals surface area contributed by atoms with Gasteiger partial charge < -0.3 is 15.2 Å². The molecule has 1 aromatic carbocycles. The van der Waals surface area contributed by atoms with Crippen molar-refractivity contribution in [2.24, 2.45) is 0 Å². The van der Waals surface area contributed by atoms with Crippen LogP contribution < -0.4 is 10.6 Å². The largest absolute Gasteiger partial charge is 0.360 e. The highest BCUT2D eigenvalue weighted by Crippen LogP contribution is 2.14. The van der Waals surface area contributed by atoms with Crippen molar-refractivity contribution < 1.29 is 18.5 Å². The first-order valence-electron chi connectivity index (χ1n) is 7.31. The van der Waals surface area contributed by atoms with Gasteiger partial charge in [0.15, 0.2) is 5.82 Å². The molecule has 128 valence electrons. The number of nitrogens with zero attached hydrogens (tertiary/aromatic N) is 1. The zero-order valence-corrected chi connectivity index (χ0v) is 14.2. The molecular formula is C16H18FN3O3S. The minimum Gasteiger partial charge on any atom is -0.360 e. The summed E-state index contributed by atoms with van der Waals surface area (Å²) in [4.78, 5) is 23.8. The van der Waals surface area contributed by atoms with Gasteiger partial charge in [0, 0.05) is 12.6 Å². The summed E-state index contributed by atoms with van der Waals surface area (Å²) in [6, 6.07) is 7.52. The van der Waals surface area contributed by atoms with Crippen molar-refractivity contribution in [3.05, 3.63) is 47.5 Å². The SMILES string of the molecule is Cc1cc(NC(=O)[C@@H](C)SCC(=O)NCc2ccc(F)cc2)no1. The van der Waals surface area contributed by atoms with Crippen LogP contribution in [0.25, 0.3) is 0 Å². The Morgan fingerprint density at radius 1 is 1.33 bits per heavy atom. The number of amides is 2. The van der Waals surface area contributed by atoms with E-state index in [0.29, 0.717) is 18.1 Å². The summed E-state index contributed by atoms with van der Waals surface area (Å²) in [6.07, 6.45) is 0. The highest BCUT2D eigenvalue weighted by molar-refractivity contribution is 8.01. The quantitative estimate of drug-likeness (QED) is 0.801. The number of aryl methyl sites for hydroxylation is 1. The molecular weight excluding hydrogens is 333 g/mol. The van der Waals surface area contributed by atoms with Crippen molar-refractivity contribution in [2.45, 2.75) is 25.6 Å². The first-order chi connectivity index (χ1) is 11.4. The predicted octanol–water partition coefficient (Wildman–Crippen LogP) is 2.50. The predicted molar refractivity (Wildman–Crippen MR) is 90.0 cm³/mol. The number of hydrogen-bond acceptors (Lipinski definition) is 5. The van der Waals surface area contributed by atoms with Crippen molar-refractivity contribution in [1.82, 2.24) is 10.5 Å². The Morgan fingerprint density at radius 3 is 2.67 bits per heavy atom. The maximum atomic E-state index is 12.8. The van der Waals surface area contributed by atoms with Crippen LogP contribution in [0, 0.1) is 12.7 Å². The second-order valence-corrected chi connectivity index (χ2v) is 6.50. The Balaban J connectivity index is 1.70. The van der Waals surface area contributed by atoms with E-state index in [4.69, 9.17) is 4.52 Å². The zero-order chi connectivity index (χ0) is 17.5. The lowest BCUT2D eigenvalue weighted by atomic mass is 10.2. The molecule has 0 spiro atoms. The molecule has 8 heteroatoms. The van der Waals surface area contributed by atoms with Crippen molar-refractivity contribution in [1.29, 1.82) is 0 Å². The maximum Gasteiger partial charge on any atom is 0.238 e. The third-order valence-corrected chi connectivity index (χ3v) is 4.26. The van der Waals surface area contributed by atoms with Gasteiger partial charge in [-0.2, -0.15) is 0 Å². The van der Waals surface area contributed by atoms with Crippen molar-refractivity contribution >= 4 is 29.4 Å². The molecule has 2 rings (SSSR count). The Bertz CT molecular complexity index is 703. The molecule has 1 heterocycles. The average molecular weight is 351 g/mol. The van der Waals surface area contributed by atoms with Crippen LogP contribution >= 0.6 is 11.8 Å². The lowest BCUT2D eigenvalue weighted by Gasteiger charge is -2.10. The van der Waals surface area contributed by atoms with E-state index in [-0.39, 0.29) is 23.4 Å². The van der Waals surface area contributed by atoms with E-state index >= 15 is 0 Å². The van der Waals surface area contributed by atoms with Gasteiger partial charge in [-0.1, -0.05) is 17.3 Å². The summed E-state index contributed by atoms with van der Waals surface area (Å²) in [7, 11) is 0. The van der Waals surface area contributed by atoms with Gasteiger partial charge in [-0.3, -0.25) is 9.59 Å². The summed E-state index contributed by atoms with van der Waals surface area (Å²) in [6.45, 7) is 3.75. The molecule has 0 saturated heterocycles.